The lowest BCUT2D eigenvalue weighted by atomic mass is 10.1. The highest BCUT2D eigenvalue weighted by atomic mass is 35.5. The normalized spacial score (nSPS) is 18.6. The molecule has 1 saturated heterocycles. The van der Waals surface area contributed by atoms with Crippen molar-refractivity contribution in [2.45, 2.75) is 37.9 Å². The van der Waals surface area contributed by atoms with E-state index in [4.69, 9.17) is 16.3 Å². The fraction of sp³-hybridized carbons (Fsp3) is 0.519. The molecule has 2 saturated carbocycles. The summed E-state index contributed by atoms with van der Waals surface area (Å²) < 4.78 is 48.0. The smallest absolute Gasteiger partial charge is 0.370 e. The van der Waals surface area contributed by atoms with Crippen molar-refractivity contribution >= 4 is 52.0 Å². The SMILES string of the molecule is O=C(NC[C@@H](C(=O)Nc1ccc(N2CCOCC2=O)cc1C(F)(F)F)N(CC1CC1)CC1CC1)c1ccc(Cl)s1. The number of benzene rings is 1. The molecule has 0 unspecified atom stereocenters. The van der Waals surface area contributed by atoms with Gasteiger partial charge >= 0.3 is 6.18 Å². The molecule has 0 bridgehead atoms. The van der Waals surface area contributed by atoms with E-state index >= 15 is 0 Å². The summed E-state index contributed by atoms with van der Waals surface area (Å²) >= 11 is 7.06. The Morgan fingerprint density at radius 1 is 1.12 bits per heavy atom. The number of morpholine rings is 1. The molecule has 0 spiro atoms. The van der Waals surface area contributed by atoms with E-state index in [2.05, 4.69) is 10.6 Å². The number of carbonyl (C=O) groups is 3. The maximum Gasteiger partial charge on any atom is 0.418 e. The van der Waals surface area contributed by atoms with Gasteiger partial charge in [-0.1, -0.05) is 11.6 Å². The highest BCUT2D eigenvalue weighted by Gasteiger charge is 2.38. The first kappa shape index (κ1) is 28.8. The summed E-state index contributed by atoms with van der Waals surface area (Å²) in [5.41, 5.74) is -1.37. The lowest BCUT2D eigenvalue weighted by Gasteiger charge is -2.32. The van der Waals surface area contributed by atoms with Crippen LogP contribution < -0.4 is 15.5 Å². The number of carbonyl (C=O) groups excluding carboxylic acids is 3. The molecule has 1 aromatic heterocycles. The minimum absolute atomic E-state index is 0.0681. The van der Waals surface area contributed by atoms with Crippen LogP contribution >= 0.6 is 22.9 Å². The van der Waals surface area contributed by atoms with E-state index < -0.39 is 41.2 Å². The van der Waals surface area contributed by atoms with Crippen molar-refractivity contribution in [2.75, 3.05) is 49.6 Å². The van der Waals surface area contributed by atoms with Gasteiger partial charge in [-0.05, 0) is 67.9 Å². The Balaban J connectivity index is 1.38. The number of hydrogen-bond donors (Lipinski definition) is 2. The molecule has 40 heavy (non-hydrogen) atoms. The van der Waals surface area contributed by atoms with Crippen LogP contribution in [0.5, 0.6) is 0 Å². The topological polar surface area (TPSA) is 91.0 Å². The van der Waals surface area contributed by atoms with Crippen LogP contribution in [0.4, 0.5) is 24.5 Å². The van der Waals surface area contributed by atoms with Gasteiger partial charge in [0.15, 0.2) is 0 Å². The van der Waals surface area contributed by atoms with Crippen LogP contribution in [0.25, 0.3) is 0 Å². The third kappa shape index (κ3) is 7.34. The Morgan fingerprint density at radius 2 is 1.82 bits per heavy atom. The van der Waals surface area contributed by atoms with Gasteiger partial charge in [0, 0.05) is 31.9 Å². The van der Waals surface area contributed by atoms with Crippen molar-refractivity contribution in [3.63, 3.8) is 0 Å². The zero-order chi connectivity index (χ0) is 28.4. The number of ether oxygens (including phenoxy) is 1. The Bertz CT molecular complexity index is 1250. The number of anilines is 2. The zero-order valence-electron chi connectivity index (χ0n) is 21.6. The van der Waals surface area contributed by atoms with Crippen LogP contribution in [-0.2, 0) is 20.5 Å². The van der Waals surface area contributed by atoms with Crippen molar-refractivity contribution in [2.24, 2.45) is 11.8 Å². The largest absolute Gasteiger partial charge is 0.418 e. The second-order valence-electron chi connectivity index (χ2n) is 10.5. The van der Waals surface area contributed by atoms with Gasteiger partial charge in [-0.2, -0.15) is 13.2 Å². The first-order valence-corrected chi connectivity index (χ1v) is 14.5. The van der Waals surface area contributed by atoms with Crippen molar-refractivity contribution in [1.82, 2.24) is 10.2 Å². The second-order valence-corrected chi connectivity index (χ2v) is 12.2. The highest BCUT2D eigenvalue weighted by Crippen LogP contribution is 2.38. The average Bonchev–Trinajstić information content (AvgIpc) is 3.84. The van der Waals surface area contributed by atoms with E-state index in [0.29, 0.717) is 34.1 Å². The number of hydrogen-bond acceptors (Lipinski definition) is 6. The molecule has 2 heterocycles. The van der Waals surface area contributed by atoms with Crippen molar-refractivity contribution in [3.8, 4) is 0 Å². The highest BCUT2D eigenvalue weighted by molar-refractivity contribution is 7.18. The second kappa shape index (κ2) is 12.1. The van der Waals surface area contributed by atoms with E-state index in [0.717, 1.165) is 43.1 Å². The quantitative estimate of drug-likeness (QED) is 0.393. The number of halogens is 4. The molecular weight excluding hydrogens is 569 g/mol. The summed E-state index contributed by atoms with van der Waals surface area (Å²) in [7, 11) is 0. The summed E-state index contributed by atoms with van der Waals surface area (Å²) in [5, 5.41) is 5.28. The first-order valence-electron chi connectivity index (χ1n) is 13.3. The monoisotopic (exact) mass is 598 g/mol. The predicted molar refractivity (Wildman–Crippen MR) is 146 cm³/mol. The molecule has 2 N–H and O–H groups in total. The number of alkyl halides is 3. The van der Waals surface area contributed by atoms with Crippen LogP contribution in [0.3, 0.4) is 0 Å². The van der Waals surface area contributed by atoms with E-state index in [1.807, 2.05) is 4.90 Å². The molecule has 3 amide bonds. The van der Waals surface area contributed by atoms with E-state index in [1.165, 1.54) is 17.0 Å². The Kier molecular flexibility index (Phi) is 8.69. The van der Waals surface area contributed by atoms with Gasteiger partial charge in [-0.25, -0.2) is 0 Å². The van der Waals surface area contributed by atoms with Crippen molar-refractivity contribution < 1.29 is 32.3 Å². The molecule has 2 aliphatic carbocycles. The number of thiophene rings is 1. The molecule has 216 valence electrons. The fourth-order valence-electron chi connectivity index (χ4n) is 4.74. The van der Waals surface area contributed by atoms with Crippen molar-refractivity contribution in [1.29, 1.82) is 0 Å². The van der Waals surface area contributed by atoms with E-state index in [9.17, 15) is 27.6 Å². The number of rotatable bonds is 11. The molecule has 0 radical (unpaired) electrons. The van der Waals surface area contributed by atoms with Crippen LogP contribution in [0.15, 0.2) is 30.3 Å². The summed E-state index contributed by atoms with van der Waals surface area (Å²) in [4.78, 5) is 42.2. The van der Waals surface area contributed by atoms with Gasteiger partial charge in [0.2, 0.25) is 5.91 Å². The molecule has 2 aromatic rings. The number of nitrogens with one attached hydrogen (secondary N) is 2. The predicted octanol–water partition coefficient (Wildman–Crippen LogP) is 4.64. The Labute approximate surface area is 238 Å². The lowest BCUT2D eigenvalue weighted by Crippen LogP contribution is -2.52. The average molecular weight is 599 g/mol. The summed E-state index contributed by atoms with van der Waals surface area (Å²) in [6.45, 7) is 1.36. The molecule has 1 aromatic carbocycles. The standard InChI is InChI=1S/C27H30ClF3N4O4S/c28-23-8-7-22(40-23)26(38)32-12-21(34(13-16-1-2-16)14-17-3-4-17)25(37)33-20-6-5-18(11-19(20)27(29,30)31)35-9-10-39-15-24(35)36/h5-8,11,16-17,21H,1-4,9-10,12-15H2,(H,32,38)(H,33,37)/t21-/m0/s1. The molecule has 3 fully saturated rings. The number of amides is 3. The molecule has 13 heteroatoms. The van der Waals surface area contributed by atoms with E-state index in [1.54, 1.807) is 12.1 Å². The molecular formula is C27H30ClF3N4O4S. The molecule has 1 atom stereocenters. The van der Waals surface area contributed by atoms with Crippen LogP contribution in [0.1, 0.15) is 40.9 Å². The first-order chi connectivity index (χ1) is 19.1. The third-order valence-electron chi connectivity index (χ3n) is 7.24. The zero-order valence-corrected chi connectivity index (χ0v) is 23.2. The molecule has 8 nitrogen and oxygen atoms in total. The maximum absolute atomic E-state index is 14.2. The van der Waals surface area contributed by atoms with Gasteiger partial charge in [0.1, 0.15) is 12.6 Å². The van der Waals surface area contributed by atoms with Gasteiger partial charge in [-0.3, -0.25) is 19.3 Å². The van der Waals surface area contributed by atoms with Gasteiger partial charge in [0.25, 0.3) is 11.8 Å². The minimum Gasteiger partial charge on any atom is -0.370 e. The fourth-order valence-corrected chi connectivity index (χ4v) is 5.70. The van der Waals surface area contributed by atoms with E-state index in [-0.39, 0.29) is 32.0 Å². The summed E-state index contributed by atoms with van der Waals surface area (Å²) in [6.07, 6.45) is -0.631. The van der Waals surface area contributed by atoms with Crippen LogP contribution in [0.2, 0.25) is 4.34 Å². The van der Waals surface area contributed by atoms with Gasteiger partial charge in [0.05, 0.1) is 27.1 Å². The summed E-state index contributed by atoms with van der Waals surface area (Å²) in [6, 6.07) is 5.75. The van der Waals surface area contributed by atoms with Gasteiger partial charge in [-0.15, -0.1) is 11.3 Å². The van der Waals surface area contributed by atoms with Crippen LogP contribution in [0, 0.1) is 11.8 Å². The molecule has 1 aliphatic heterocycles. The minimum atomic E-state index is -4.78. The van der Waals surface area contributed by atoms with Crippen LogP contribution in [-0.4, -0.2) is 68.1 Å². The van der Waals surface area contributed by atoms with Gasteiger partial charge < -0.3 is 20.3 Å². The molecule has 3 aliphatic rings. The summed E-state index contributed by atoms with van der Waals surface area (Å²) in [5.74, 6) is -0.613. The Morgan fingerprint density at radius 3 is 2.40 bits per heavy atom. The maximum atomic E-state index is 14.2. The lowest BCUT2D eigenvalue weighted by molar-refractivity contribution is -0.137. The Hall–Kier alpha value is -2.67. The third-order valence-corrected chi connectivity index (χ3v) is 8.47. The van der Waals surface area contributed by atoms with Crippen molar-refractivity contribution in [3.05, 3.63) is 45.1 Å². The molecule has 5 rings (SSSR count). The number of nitrogens with zero attached hydrogens (tertiary/aromatic N) is 2.